The number of carboxylic acid groups (broad SMARTS) is 1. The second kappa shape index (κ2) is 8.23. The van der Waals surface area contributed by atoms with E-state index >= 15 is 0 Å². The lowest BCUT2D eigenvalue weighted by molar-refractivity contribution is 0.102. The van der Waals surface area contributed by atoms with Gasteiger partial charge in [0.05, 0.1) is 16.9 Å². The first-order valence-electron chi connectivity index (χ1n) is 8.81. The van der Waals surface area contributed by atoms with Gasteiger partial charge in [-0.2, -0.15) is 0 Å². The van der Waals surface area contributed by atoms with Crippen LogP contribution in [0.2, 0.25) is 5.15 Å². The zero-order valence-corrected chi connectivity index (χ0v) is 17.7. The molecule has 2 aromatic heterocycles. The molecule has 2 N–H and O–H groups in total. The van der Waals surface area contributed by atoms with Gasteiger partial charge in [-0.3, -0.25) is 9.69 Å². The fraction of sp³-hybridized carbons (Fsp3) is 0.190. The van der Waals surface area contributed by atoms with E-state index in [1.165, 1.54) is 17.2 Å². The molecule has 0 aliphatic heterocycles. The molecule has 0 atom stereocenters. The van der Waals surface area contributed by atoms with E-state index in [9.17, 15) is 14.7 Å². The third kappa shape index (κ3) is 4.75. The maximum absolute atomic E-state index is 12.8. The van der Waals surface area contributed by atoms with Crippen LogP contribution in [0, 0.1) is 0 Å². The maximum atomic E-state index is 12.8. The highest BCUT2D eigenvalue weighted by Gasteiger charge is 2.30. The van der Waals surface area contributed by atoms with Crippen LogP contribution >= 0.6 is 22.9 Å². The predicted molar refractivity (Wildman–Crippen MR) is 117 cm³/mol. The molecule has 29 heavy (non-hydrogen) atoms. The van der Waals surface area contributed by atoms with Crippen LogP contribution in [0.4, 0.5) is 16.2 Å². The van der Waals surface area contributed by atoms with Gasteiger partial charge in [0.1, 0.15) is 5.15 Å². The van der Waals surface area contributed by atoms with Crippen LogP contribution in [0.3, 0.4) is 0 Å². The van der Waals surface area contributed by atoms with Gasteiger partial charge in [0.15, 0.2) is 0 Å². The zero-order chi connectivity index (χ0) is 21.2. The van der Waals surface area contributed by atoms with Crippen molar-refractivity contribution in [2.45, 2.75) is 26.3 Å². The summed E-state index contributed by atoms with van der Waals surface area (Å²) in [6.07, 6.45) is 0.268. The average molecular weight is 430 g/mol. The Morgan fingerprint density at radius 1 is 1.17 bits per heavy atom. The Morgan fingerprint density at radius 3 is 2.48 bits per heavy atom. The molecule has 2 heterocycles. The summed E-state index contributed by atoms with van der Waals surface area (Å²) in [6.45, 7) is 5.38. The van der Waals surface area contributed by atoms with E-state index in [0.717, 1.165) is 10.4 Å². The Morgan fingerprint density at radius 2 is 1.93 bits per heavy atom. The zero-order valence-electron chi connectivity index (χ0n) is 16.1. The molecule has 6 nitrogen and oxygen atoms in total. The summed E-state index contributed by atoms with van der Waals surface area (Å²) >= 11 is 7.35. The minimum absolute atomic E-state index is 0.284. The molecule has 1 aromatic carbocycles. The molecule has 150 valence electrons. The van der Waals surface area contributed by atoms with E-state index in [1.807, 2.05) is 23.6 Å². The van der Waals surface area contributed by atoms with E-state index in [0.29, 0.717) is 16.9 Å². The second-order valence-corrected chi connectivity index (χ2v) is 8.66. The summed E-state index contributed by atoms with van der Waals surface area (Å²) in [6, 6.07) is 12.3. The Bertz CT molecular complexity index is 1030. The van der Waals surface area contributed by atoms with Gasteiger partial charge in [0, 0.05) is 16.6 Å². The summed E-state index contributed by atoms with van der Waals surface area (Å²) in [5, 5.41) is 14.9. The number of carbonyl (C=O) groups is 2. The highest BCUT2D eigenvalue weighted by atomic mass is 35.5. The molecule has 0 unspecified atom stereocenters. The van der Waals surface area contributed by atoms with Crippen LogP contribution in [-0.4, -0.2) is 27.6 Å². The molecule has 3 aromatic rings. The van der Waals surface area contributed by atoms with Gasteiger partial charge in [-0.1, -0.05) is 23.7 Å². The second-order valence-electron chi connectivity index (χ2n) is 7.32. The van der Waals surface area contributed by atoms with Crippen LogP contribution in [0.15, 0.2) is 54.0 Å². The molecule has 0 radical (unpaired) electrons. The monoisotopic (exact) mass is 429 g/mol. The highest BCUT2D eigenvalue weighted by molar-refractivity contribution is 7.13. The van der Waals surface area contributed by atoms with Crippen LogP contribution < -0.4 is 10.2 Å². The first-order valence-corrected chi connectivity index (χ1v) is 10.1. The first kappa shape index (κ1) is 20.8. The van der Waals surface area contributed by atoms with E-state index in [4.69, 9.17) is 11.6 Å². The van der Waals surface area contributed by atoms with Gasteiger partial charge in [0.2, 0.25) is 0 Å². The lowest BCUT2D eigenvalue weighted by Gasteiger charge is -2.34. The van der Waals surface area contributed by atoms with Crippen LogP contribution in [0.1, 0.15) is 31.1 Å². The Hall–Kier alpha value is -2.90. The number of rotatable bonds is 4. The minimum atomic E-state index is -1.11. The van der Waals surface area contributed by atoms with Gasteiger partial charge in [-0.15, -0.1) is 11.3 Å². The van der Waals surface area contributed by atoms with E-state index in [1.54, 1.807) is 50.3 Å². The van der Waals surface area contributed by atoms with Crippen molar-refractivity contribution in [3.8, 4) is 10.4 Å². The lowest BCUT2D eigenvalue weighted by Crippen LogP contribution is -2.45. The van der Waals surface area contributed by atoms with Gasteiger partial charge in [-0.25, -0.2) is 9.78 Å². The Kier molecular flexibility index (Phi) is 5.91. The van der Waals surface area contributed by atoms with Crippen molar-refractivity contribution in [3.05, 3.63) is 64.8 Å². The largest absolute Gasteiger partial charge is 0.465 e. The summed E-state index contributed by atoms with van der Waals surface area (Å²) in [7, 11) is 0. The number of anilines is 2. The van der Waals surface area contributed by atoms with Crippen molar-refractivity contribution in [1.82, 2.24) is 4.98 Å². The summed E-state index contributed by atoms with van der Waals surface area (Å²) in [5.41, 5.74) is 1.28. The molecule has 0 aliphatic carbocycles. The molecule has 0 bridgehead atoms. The summed E-state index contributed by atoms with van der Waals surface area (Å²) in [5.74, 6) is -0.405. The molecule has 8 heteroatoms. The number of nitrogens with zero attached hydrogens (tertiary/aromatic N) is 2. The number of nitrogens with one attached hydrogen (secondary N) is 1. The molecular formula is C21H20ClN3O3S. The minimum Gasteiger partial charge on any atom is -0.465 e. The SMILES string of the molecule is CC(C)(C)N(C(=O)O)c1ccc(-c2cccs2)cc1NC(=O)c1ccc(Cl)nc1. The highest BCUT2D eigenvalue weighted by Crippen LogP contribution is 2.36. The average Bonchev–Trinajstić information content (AvgIpc) is 3.17. The van der Waals surface area contributed by atoms with Crippen molar-refractivity contribution >= 4 is 46.3 Å². The van der Waals surface area contributed by atoms with Crippen LogP contribution in [0.5, 0.6) is 0 Å². The van der Waals surface area contributed by atoms with Crippen molar-refractivity contribution in [3.63, 3.8) is 0 Å². The maximum Gasteiger partial charge on any atom is 0.412 e. The molecule has 0 aliphatic rings. The number of benzene rings is 1. The Labute approximate surface area is 177 Å². The number of hydrogen-bond donors (Lipinski definition) is 2. The molecule has 0 fully saturated rings. The number of thiophene rings is 1. The molecule has 0 saturated heterocycles. The molecule has 2 amide bonds. The fourth-order valence-electron chi connectivity index (χ4n) is 2.88. The number of amides is 2. The first-order chi connectivity index (χ1) is 13.7. The molecule has 0 saturated carbocycles. The van der Waals surface area contributed by atoms with Crippen LogP contribution in [-0.2, 0) is 0 Å². The normalized spacial score (nSPS) is 11.2. The third-order valence-corrected chi connectivity index (χ3v) is 5.29. The third-order valence-electron chi connectivity index (χ3n) is 4.14. The number of halogens is 1. The predicted octanol–water partition coefficient (Wildman–Crippen LogP) is 6.00. The number of pyridine rings is 1. The van der Waals surface area contributed by atoms with Crippen molar-refractivity contribution in [2.24, 2.45) is 0 Å². The molecule has 0 spiro atoms. The van der Waals surface area contributed by atoms with Gasteiger partial charge < -0.3 is 10.4 Å². The van der Waals surface area contributed by atoms with E-state index in [-0.39, 0.29) is 5.15 Å². The van der Waals surface area contributed by atoms with Crippen molar-refractivity contribution < 1.29 is 14.7 Å². The van der Waals surface area contributed by atoms with Gasteiger partial charge >= 0.3 is 6.09 Å². The molecular weight excluding hydrogens is 410 g/mol. The van der Waals surface area contributed by atoms with Gasteiger partial charge in [0.25, 0.3) is 5.91 Å². The summed E-state index contributed by atoms with van der Waals surface area (Å²) in [4.78, 5) is 30.9. The fourth-order valence-corrected chi connectivity index (χ4v) is 3.72. The number of carbonyl (C=O) groups excluding carboxylic acids is 1. The van der Waals surface area contributed by atoms with E-state index in [2.05, 4.69) is 10.3 Å². The number of hydrogen-bond acceptors (Lipinski definition) is 4. The smallest absolute Gasteiger partial charge is 0.412 e. The quantitative estimate of drug-likeness (QED) is 0.498. The molecule has 3 rings (SSSR count). The summed E-state index contributed by atoms with van der Waals surface area (Å²) < 4.78 is 0. The Balaban J connectivity index is 2.07. The number of aromatic nitrogens is 1. The standard InChI is InChI=1S/C21H20ClN3O3S/c1-21(2,3)25(20(27)28)16-8-6-13(17-5-4-10-29-17)11-15(16)24-19(26)14-7-9-18(22)23-12-14/h4-12H,1-3H3,(H,24,26)(H,27,28). The van der Waals surface area contributed by atoms with E-state index < -0.39 is 17.5 Å². The van der Waals surface area contributed by atoms with Crippen molar-refractivity contribution in [1.29, 1.82) is 0 Å². The van der Waals surface area contributed by atoms with Crippen LogP contribution in [0.25, 0.3) is 10.4 Å². The van der Waals surface area contributed by atoms with Gasteiger partial charge in [-0.05, 0) is 62.0 Å². The topological polar surface area (TPSA) is 82.5 Å². The lowest BCUT2D eigenvalue weighted by atomic mass is 10.0. The van der Waals surface area contributed by atoms with Crippen molar-refractivity contribution in [2.75, 3.05) is 10.2 Å².